The molecule has 3 fully saturated rings. The van der Waals surface area contributed by atoms with Gasteiger partial charge >= 0.3 is 0 Å². The molecule has 0 aromatic carbocycles. The summed E-state index contributed by atoms with van der Waals surface area (Å²) < 4.78 is 24.1. The van der Waals surface area contributed by atoms with Gasteiger partial charge in [0.2, 0.25) is 0 Å². The van der Waals surface area contributed by atoms with Crippen molar-refractivity contribution in [3.8, 4) is 0 Å². The highest BCUT2D eigenvalue weighted by molar-refractivity contribution is 7.92. The predicted molar refractivity (Wildman–Crippen MR) is 86.1 cm³/mol. The molecule has 3 rings (SSSR count). The van der Waals surface area contributed by atoms with E-state index in [0.717, 1.165) is 24.9 Å². The lowest BCUT2D eigenvalue weighted by atomic mass is 10.0. The molecule has 5 heteroatoms. The summed E-state index contributed by atoms with van der Waals surface area (Å²) >= 11 is 0. The molecule has 122 valence electrons. The molecule has 2 unspecified atom stereocenters. The Balaban J connectivity index is 1.62. The second-order valence-electron chi connectivity index (χ2n) is 8.18. The van der Waals surface area contributed by atoms with Crippen molar-refractivity contribution in [2.24, 2.45) is 11.8 Å². The molecule has 4 nitrogen and oxygen atoms in total. The fraction of sp³-hybridized carbons (Fsp3) is 1.00. The normalized spacial score (nSPS) is 32.3. The highest BCUT2D eigenvalue weighted by Crippen LogP contribution is 2.39. The Morgan fingerprint density at radius 2 is 1.71 bits per heavy atom. The third-order valence-electron chi connectivity index (χ3n) is 5.43. The lowest BCUT2D eigenvalue weighted by Gasteiger charge is -2.41. The molecule has 2 saturated carbocycles. The second-order valence-corrected chi connectivity index (χ2v) is 11.0. The maximum absolute atomic E-state index is 12.4. The van der Waals surface area contributed by atoms with Crippen LogP contribution in [-0.2, 0) is 9.84 Å². The number of nitrogens with one attached hydrogen (secondary N) is 1. The van der Waals surface area contributed by atoms with Crippen molar-refractivity contribution in [2.75, 3.05) is 25.4 Å². The van der Waals surface area contributed by atoms with Crippen molar-refractivity contribution in [2.45, 2.75) is 63.3 Å². The molecule has 0 amide bonds. The average Bonchev–Trinajstić information content (AvgIpc) is 3.28. The molecule has 1 saturated heterocycles. The van der Waals surface area contributed by atoms with Crippen molar-refractivity contribution < 1.29 is 8.42 Å². The minimum absolute atomic E-state index is 0.303. The third-order valence-corrected chi connectivity index (χ3v) is 8.01. The van der Waals surface area contributed by atoms with E-state index in [9.17, 15) is 8.42 Å². The van der Waals surface area contributed by atoms with Gasteiger partial charge in [-0.3, -0.25) is 4.90 Å². The van der Waals surface area contributed by atoms with E-state index in [0.29, 0.717) is 24.4 Å². The van der Waals surface area contributed by atoms with Gasteiger partial charge in [0, 0.05) is 31.7 Å². The fourth-order valence-electron chi connectivity index (χ4n) is 3.41. The van der Waals surface area contributed by atoms with Crippen LogP contribution in [0.4, 0.5) is 0 Å². The first-order valence-electron chi connectivity index (χ1n) is 8.48. The minimum Gasteiger partial charge on any atom is -0.311 e. The number of sulfone groups is 1. The molecule has 1 aliphatic heterocycles. The van der Waals surface area contributed by atoms with Crippen molar-refractivity contribution in [1.29, 1.82) is 0 Å². The van der Waals surface area contributed by atoms with Crippen LogP contribution in [0.3, 0.4) is 0 Å². The van der Waals surface area contributed by atoms with Gasteiger partial charge in [0.25, 0.3) is 0 Å². The largest absolute Gasteiger partial charge is 0.311 e. The third kappa shape index (κ3) is 3.62. The van der Waals surface area contributed by atoms with Gasteiger partial charge < -0.3 is 5.32 Å². The highest BCUT2D eigenvalue weighted by atomic mass is 32.2. The molecule has 0 radical (unpaired) electrons. The van der Waals surface area contributed by atoms with E-state index in [4.69, 9.17) is 0 Å². The summed E-state index contributed by atoms with van der Waals surface area (Å²) in [6.45, 7) is 8.25. The smallest absolute Gasteiger partial charge is 0.156 e. The van der Waals surface area contributed by atoms with Crippen LogP contribution in [0.5, 0.6) is 0 Å². The number of nitrogens with zero attached hydrogens (tertiary/aromatic N) is 1. The Morgan fingerprint density at radius 3 is 2.24 bits per heavy atom. The lowest BCUT2D eigenvalue weighted by molar-refractivity contribution is 0.115. The predicted octanol–water partition coefficient (Wildman–Crippen LogP) is 1.66. The molecule has 21 heavy (non-hydrogen) atoms. The maximum Gasteiger partial charge on any atom is 0.156 e. The van der Waals surface area contributed by atoms with Gasteiger partial charge in [-0.2, -0.15) is 0 Å². The molecule has 1 heterocycles. The van der Waals surface area contributed by atoms with Gasteiger partial charge in [0.1, 0.15) is 0 Å². The first-order valence-corrected chi connectivity index (χ1v) is 10.1. The van der Waals surface area contributed by atoms with Crippen LogP contribution in [0.1, 0.15) is 46.5 Å². The summed E-state index contributed by atoms with van der Waals surface area (Å²) in [5.74, 6) is 1.94. The zero-order chi connectivity index (χ0) is 15.3. The van der Waals surface area contributed by atoms with Gasteiger partial charge in [-0.1, -0.05) is 0 Å². The number of rotatable bonds is 5. The van der Waals surface area contributed by atoms with E-state index in [-0.39, 0.29) is 0 Å². The van der Waals surface area contributed by atoms with E-state index in [1.165, 1.54) is 25.7 Å². The van der Waals surface area contributed by atoms with E-state index in [1.54, 1.807) is 0 Å². The molecular formula is C16H30N2O2S. The second kappa shape index (κ2) is 5.50. The van der Waals surface area contributed by atoms with E-state index in [2.05, 4.69) is 10.2 Å². The number of hydrogen-bond acceptors (Lipinski definition) is 4. The number of piperazine rings is 1. The first kappa shape index (κ1) is 15.8. The standard InChI is InChI=1S/C16H30N2O2S/c1-16(2,3)21(19,20)9-8-18-11-14(12-4-5-12)17-10-15(18)13-6-7-13/h12-15,17H,4-11H2,1-3H3. The maximum atomic E-state index is 12.4. The van der Waals surface area contributed by atoms with Gasteiger partial charge in [0.15, 0.2) is 9.84 Å². The summed E-state index contributed by atoms with van der Waals surface area (Å²) in [7, 11) is -3.01. The van der Waals surface area contributed by atoms with Crippen LogP contribution in [0.2, 0.25) is 0 Å². The molecule has 3 aliphatic rings. The van der Waals surface area contributed by atoms with Gasteiger partial charge in [0.05, 0.1) is 10.5 Å². The molecule has 2 atom stereocenters. The average molecular weight is 314 g/mol. The quantitative estimate of drug-likeness (QED) is 0.838. The van der Waals surface area contributed by atoms with Crippen LogP contribution < -0.4 is 5.32 Å². The fourth-order valence-corrected chi connectivity index (χ4v) is 4.50. The molecule has 0 aromatic heterocycles. The first-order chi connectivity index (χ1) is 9.78. The van der Waals surface area contributed by atoms with Crippen molar-refractivity contribution >= 4 is 9.84 Å². The Labute approximate surface area is 129 Å². The van der Waals surface area contributed by atoms with Gasteiger partial charge in [-0.05, 0) is 58.3 Å². The summed E-state index contributed by atoms with van der Waals surface area (Å²) in [4.78, 5) is 2.49. The zero-order valence-corrected chi connectivity index (χ0v) is 14.5. The Morgan fingerprint density at radius 1 is 1.10 bits per heavy atom. The topological polar surface area (TPSA) is 49.4 Å². The van der Waals surface area contributed by atoms with Crippen LogP contribution in [0.15, 0.2) is 0 Å². The zero-order valence-electron chi connectivity index (χ0n) is 13.6. The summed E-state index contributed by atoms with van der Waals surface area (Å²) in [6.07, 6.45) is 5.34. The minimum atomic E-state index is -3.01. The van der Waals surface area contributed by atoms with E-state index < -0.39 is 14.6 Å². The Hall–Kier alpha value is -0.130. The summed E-state index contributed by atoms with van der Waals surface area (Å²) in [5.41, 5.74) is 0. The van der Waals surface area contributed by atoms with E-state index >= 15 is 0 Å². The Bertz CT molecular complexity index is 475. The molecular weight excluding hydrogens is 284 g/mol. The van der Waals surface area contributed by atoms with Crippen molar-refractivity contribution in [3.63, 3.8) is 0 Å². The summed E-state index contributed by atoms with van der Waals surface area (Å²) in [6, 6.07) is 1.16. The SMILES string of the molecule is CC(C)(C)S(=O)(=O)CCN1CC(C2CC2)NCC1C1CC1. The van der Waals surface area contributed by atoms with Crippen LogP contribution >= 0.6 is 0 Å². The van der Waals surface area contributed by atoms with Gasteiger partial charge in [-0.15, -0.1) is 0 Å². The summed E-state index contributed by atoms with van der Waals surface area (Å²) in [5, 5.41) is 3.72. The Kier molecular flexibility index (Phi) is 4.13. The number of hydrogen-bond donors (Lipinski definition) is 1. The highest BCUT2D eigenvalue weighted by Gasteiger charge is 2.43. The van der Waals surface area contributed by atoms with Crippen molar-refractivity contribution in [1.82, 2.24) is 10.2 Å². The van der Waals surface area contributed by atoms with Crippen LogP contribution in [0.25, 0.3) is 0 Å². The lowest BCUT2D eigenvalue weighted by Crippen LogP contribution is -2.59. The monoisotopic (exact) mass is 314 g/mol. The van der Waals surface area contributed by atoms with Gasteiger partial charge in [-0.25, -0.2) is 8.42 Å². The van der Waals surface area contributed by atoms with E-state index in [1.807, 2.05) is 20.8 Å². The molecule has 0 spiro atoms. The van der Waals surface area contributed by atoms with Crippen LogP contribution in [-0.4, -0.2) is 55.5 Å². The van der Waals surface area contributed by atoms with Crippen LogP contribution in [0, 0.1) is 11.8 Å². The molecule has 1 N–H and O–H groups in total. The molecule has 2 aliphatic carbocycles. The molecule has 0 aromatic rings. The molecule has 0 bridgehead atoms. The van der Waals surface area contributed by atoms with Crippen molar-refractivity contribution in [3.05, 3.63) is 0 Å².